The van der Waals surface area contributed by atoms with Gasteiger partial charge in [-0.25, -0.2) is 17.9 Å². The molecule has 36 heavy (non-hydrogen) atoms. The lowest BCUT2D eigenvalue weighted by Crippen LogP contribution is -2.51. The van der Waals surface area contributed by atoms with Gasteiger partial charge < -0.3 is 15.0 Å². The molecule has 0 saturated carbocycles. The minimum absolute atomic E-state index is 0.0542. The number of likely N-dealkylation sites (tertiary alicyclic amines) is 1. The Morgan fingerprint density at radius 1 is 1.08 bits per heavy atom. The molecule has 2 aromatic carbocycles. The van der Waals surface area contributed by atoms with Gasteiger partial charge in [-0.3, -0.25) is 4.79 Å². The van der Waals surface area contributed by atoms with Crippen molar-refractivity contribution in [2.24, 2.45) is 5.92 Å². The fourth-order valence-corrected chi connectivity index (χ4v) is 6.86. The van der Waals surface area contributed by atoms with E-state index in [2.05, 4.69) is 10.0 Å². The number of hydrogen-bond acceptors (Lipinski definition) is 5. The lowest BCUT2D eigenvalue weighted by atomic mass is 9.90. The molecular weight excluding hydrogens is 478 g/mol. The van der Waals surface area contributed by atoms with Crippen LogP contribution in [0.1, 0.15) is 60.2 Å². The average Bonchev–Trinajstić information content (AvgIpc) is 2.85. The van der Waals surface area contributed by atoms with Gasteiger partial charge in [0.25, 0.3) is 5.91 Å². The van der Waals surface area contributed by atoms with Crippen LogP contribution in [0.2, 0.25) is 0 Å². The highest BCUT2D eigenvalue weighted by Gasteiger charge is 2.34. The number of sulfonamides is 1. The Hall–Kier alpha value is -2.91. The third kappa shape index (κ3) is 5.57. The fraction of sp³-hybridized carbons (Fsp3) is 0.481. The van der Waals surface area contributed by atoms with Crippen molar-refractivity contribution in [3.8, 4) is 0 Å². The molecule has 9 heteroatoms. The molecule has 2 N–H and O–H groups in total. The summed E-state index contributed by atoms with van der Waals surface area (Å²) in [6, 6.07) is 10.4. The van der Waals surface area contributed by atoms with Crippen molar-refractivity contribution in [1.29, 1.82) is 0 Å². The number of aryl methyl sites for hydroxylation is 1. The summed E-state index contributed by atoms with van der Waals surface area (Å²) in [7, 11) is -3.78. The number of piperidine rings is 1. The van der Waals surface area contributed by atoms with E-state index in [0.29, 0.717) is 43.8 Å². The highest BCUT2D eigenvalue weighted by molar-refractivity contribution is 7.89. The molecule has 1 fully saturated rings. The second kappa shape index (κ2) is 11.0. The monoisotopic (exact) mass is 513 g/mol. The van der Waals surface area contributed by atoms with Crippen molar-refractivity contribution in [3.63, 3.8) is 0 Å². The molecule has 0 aromatic heterocycles. The van der Waals surface area contributed by atoms with Gasteiger partial charge in [0.1, 0.15) is 0 Å². The molecule has 1 saturated heterocycles. The number of amides is 2. The normalized spacial score (nSPS) is 19.9. The number of fused-ring (bicyclic) bond motifs is 1. The summed E-state index contributed by atoms with van der Waals surface area (Å²) >= 11 is 0. The molecule has 0 radical (unpaired) electrons. The van der Waals surface area contributed by atoms with Gasteiger partial charge in [0.2, 0.25) is 10.0 Å². The lowest BCUT2D eigenvalue weighted by Gasteiger charge is -2.36. The molecule has 0 bridgehead atoms. The molecular formula is C27H35N3O5S. The number of rotatable bonds is 6. The van der Waals surface area contributed by atoms with Crippen LogP contribution in [0.3, 0.4) is 0 Å². The zero-order valence-electron chi connectivity index (χ0n) is 21.2. The predicted molar refractivity (Wildman–Crippen MR) is 139 cm³/mol. The summed E-state index contributed by atoms with van der Waals surface area (Å²) in [5.74, 6) is -0.252. The Labute approximate surface area is 213 Å². The Bertz CT molecular complexity index is 1240. The van der Waals surface area contributed by atoms with Crippen LogP contribution in [-0.2, 0) is 27.6 Å². The van der Waals surface area contributed by atoms with E-state index >= 15 is 0 Å². The molecule has 2 amide bonds. The van der Waals surface area contributed by atoms with Crippen molar-refractivity contribution < 1.29 is 22.7 Å². The molecule has 1 heterocycles. The quantitative estimate of drug-likeness (QED) is 0.600. The largest absolute Gasteiger partial charge is 0.450 e. The number of carbonyl (C=O) groups is 2. The number of benzene rings is 2. The minimum Gasteiger partial charge on any atom is -0.450 e. The second-order valence-electron chi connectivity index (χ2n) is 9.68. The number of anilines is 1. The minimum atomic E-state index is -3.78. The van der Waals surface area contributed by atoms with Crippen molar-refractivity contribution in [3.05, 3.63) is 58.7 Å². The van der Waals surface area contributed by atoms with Crippen LogP contribution < -0.4 is 10.0 Å². The molecule has 194 valence electrons. The molecule has 2 atom stereocenters. The molecule has 2 aliphatic rings. The zero-order valence-corrected chi connectivity index (χ0v) is 22.0. The third-order valence-electron chi connectivity index (χ3n) is 7.16. The topological polar surface area (TPSA) is 105 Å². The summed E-state index contributed by atoms with van der Waals surface area (Å²) < 4.78 is 35.1. The summed E-state index contributed by atoms with van der Waals surface area (Å²) in [6.07, 6.45) is 3.38. The Kier molecular flexibility index (Phi) is 8.00. The number of ether oxygens (including phenoxy) is 1. The SMILES string of the molecule is CCOC(=O)N1CCC(NS(=O)(=O)c2ccc(NC(=O)c3ccccc3C)c3c2CCCC3)C(C)C1. The van der Waals surface area contributed by atoms with Gasteiger partial charge in [-0.2, -0.15) is 0 Å². The summed E-state index contributed by atoms with van der Waals surface area (Å²) in [5.41, 5.74) is 3.84. The highest BCUT2D eigenvalue weighted by Crippen LogP contribution is 2.34. The van der Waals surface area contributed by atoms with Crippen LogP contribution in [-0.4, -0.2) is 51.1 Å². The molecule has 2 unspecified atom stereocenters. The molecule has 8 nitrogen and oxygen atoms in total. The first-order valence-corrected chi connectivity index (χ1v) is 14.1. The van der Waals surface area contributed by atoms with Crippen LogP contribution in [0, 0.1) is 12.8 Å². The number of hydrogen-bond donors (Lipinski definition) is 2. The van der Waals surface area contributed by atoms with E-state index in [1.165, 1.54) is 0 Å². The van der Waals surface area contributed by atoms with E-state index in [-0.39, 0.29) is 28.9 Å². The second-order valence-corrected chi connectivity index (χ2v) is 11.4. The van der Waals surface area contributed by atoms with Gasteiger partial charge in [0.15, 0.2) is 0 Å². The third-order valence-corrected chi connectivity index (χ3v) is 8.73. The number of carbonyl (C=O) groups excluding carboxylic acids is 2. The van der Waals surface area contributed by atoms with Crippen LogP contribution in [0.15, 0.2) is 41.3 Å². The van der Waals surface area contributed by atoms with Crippen LogP contribution in [0.25, 0.3) is 0 Å². The van der Waals surface area contributed by atoms with E-state index in [9.17, 15) is 18.0 Å². The van der Waals surface area contributed by atoms with Crippen LogP contribution in [0.4, 0.5) is 10.5 Å². The lowest BCUT2D eigenvalue weighted by molar-refractivity contribution is 0.0846. The number of nitrogens with zero attached hydrogens (tertiary/aromatic N) is 1. The molecule has 4 rings (SSSR count). The van der Waals surface area contributed by atoms with Gasteiger partial charge in [0, 0.05) is 30.4 Å². The first kappa shape index (κ1) is 26.2. The van der Waals surface area contributed by atoms with E-state index in [4.69, 9.17) is 4.74 Å². The Morgan fingerprint density at radius 3 is 2.50 bits per heavy atom. The predicted octanol–water partition coefficient (Wildman–Crippen LogP) is 4.27. The molecule has 1 aliphatic carbocycles. The zero-order chi connectivity index (χ0) is 25.9. The molecule has 0 spiro atoms. The Balaban J connectivity index is 1.54. The van der Waals surface area contributed by atoms with E-state index < -0.39 is 10.0 Å². The molecule has 1 aliphatic heterocycles. The van der Waals surface area contributed by atoms with Gasteiger partial charge in [-0.15, -0.1) is 0 Å². The van der Waals surface area contributed by atoms with Crippen molar-refractivity contribution in [2.45, 2.75) is 63.8 Å². The van der Waals surface area contributed by atoms with E-state index in [1.54, 1.807) is 30.0 Å². The first-order chi connectivity index (χ1) is 17.2. The standard InChI is InChI=1S/C27H35N3O5S/c1-4-35-27(32)30-16-15-23(19(3)17-30)29-36(33,34)25-14-13-24(21-11-7-8-12-22(21)25)28-26(31)20-10-6-5-9-18(20)2/h5-6,9-10,13-14,19,23,29H,4,7-8,11-12,15-17H2,1-3H3,(H,28,31). The smallest absolute Gasteiger partial charge is 0.409 e. The van der Waals surface area contributed by atoms with Crippen molar-refractivity contribution in [1.82, 2.24) is 9.62 Å². The Morgan fingerprint density at radius 2 is 1.81 bits per heavy atom. The van der Waals surface area contributed by atoms with Crippen LogP contribution >= 0.6 is 0 Å². The maximum atomic E-state index is 13.5. The van der Waals surface area contributed by atoms with E-state index in [1.807, 2.05) is 32.0 Å². The number of nitrogens with one attached hydrogen (secondary N) is 2. The van der Waals surface area contributed by atoms with Gasteiger partial charge in [-0.05, 0) is 86.8 Å². The fourth-order valence-electron chi connectivity index (χ4n) is 5.18. The van der Waals surface area contributed by atoms with Crippen molar-refractivity contribution in [2.75, 3.05) is 25.0 Å². The average molecular weight is 514 g/mol. The molecule has 2 aromatic rings. The van der Waals surface area contributed by atoms with Gasteiger partial charge in [0.05, 0.1) is 11.5 Å². The summed E-state index contributed by atoms with van der Waals surface area (Å²) in [4.78, 5) is 26.9. The maximum Gasteiger partial charge on any atom is 0.409 e. The van der Waals surface area contributed by atoms with Gasteiger partial charge >= 0.3 is 6.09 Å². The highest BCUT2D eigenvalue weighted by atomic mass is 32.2. The summed E-state index contributed by atoms with van der Waals surface area (Å²) in [5, 5.41) is 3.02. The van der Waals surface area contributed by atoms with Crippen LogP contribution in [0.5, 0.6) is 0 Å². The first-order valence-electron chi connectivity index (χ1n) is 12.7. The van der Waals surface area contributed by atoms with E-state index in [0.717, 1.165) is 36.0 Å². The maximum absolute atomic E-state index is 13.5. The van der Waals surface area contributed by atoms with Gasteiger partial charge in [-0.1, -0.05) is 25.1 Å². The van der Waals surface area contributed by atoms with Crippen molar-refractivity contribution >= 4 is 27.7 Å². The summed E-state index contributed by atoms with van der Waals surface area (Å²) in [6.45, 7) is 6.79.